The summed E-state index contributed by atoms with van der Waals surface area (Å²) in [6.07, 6.45) is -17.7. The quantitative estimate of drug-likeness (QED) is 0.128. The maximum Gasteiger partial charge on any atom is 0.335 e. The molecule has 10 atom stereocenters. The Labute approximate surface area is 245 Å². The topological polar surface area (TPSA) is 286 Å². The number of benzene rings is 2. The SMILES string of the molecule is O=C(O)C1O[C@@H](Oc2cc(-c3cc(=O)c4c(O)cc(O[C@@H]5OC(CO)[C@@H](O)[C@H](O)C5O)cc4o3)ccc2O)C(O)[C@@H](O)[C@@H]1O. The molecule has 0 radical (unpaired) electrons. The minimum absolute atomic E-state index is 0.0946. The third-order valence-corrected chi connectivity index (χ3v) is 7.18. The zero-order valence-electron chi connectivity index (χ0n) is 22.3. The second-order valence-corrected chi connectivity index (χ2v) is 10.1. The fraction of sp³-hybridized carbons (Fsp3) is 0.407. The van der Waals surface area contributed by atoms with Crippen LogP contribution in [0.2, 0.25) is 0 Å². The van der Waals surface area contributed by atoms with Gasteiger partial charge in [0.25, 0.3) is 0 Å². The number of rotatable bonds is 7. The van der Waals surface area contributed by atoms with Crippen molar-refractivity contribution in [3.63, 3.8) is 0 Å². The lowest BCUT2D eigenvalue weighted by molar-refractivity contribution is -0.277. The summed E-state index contributed by atoms with van der Waals surface area (Å²) >= 11 is 0. The van der Waals surface area contributed by atoms with Crippen molar-refractivity contribution >= 4 is 16.9 Å². The fourth-order valence-electron chi connectivity index (χ4n) is 4.79. The summed E-state index contributed by atoms with van der Waals surface area (Å²) in [4.78, 5) is 24.3. The number of aliphatic hydroxyl groups excluding tert-OH is 7. The molecule has 3 aromatic rings. The number of carboxylic acid groups (broad SMARTS) is 1. The Morgan fingerprint density at radius 3 is 2.09 bits per heavy atom. The highest BCUT2D eigenvalue weighted by Gasteiger charge is 2.48. The molecule has 4 unspecified atom stereocenters. The van der Waals surface area contributed by atoms with Crippen LogP contribution < -0.4 is 14.9 Å². The van der Waals surface area contributed by atoms with Crippen LogP contribution >= 0.6 is 0 Å². The number of aliphatic carboxylic acids is 1. The lowest BCUT2D eigenvalue weighted by Crippen LogP contribution is -2.61. The van der Waals surface area contributed by atoms with Crippen LogP contribution in [0.25, 0.3) is 22.3 Å². The van der Waals surface area contributed by atoms with Gasteiger partial charge < -0.3 is 74.4 Å². The Bertz CT molecular complexity index is 1590. The van der Waals surface area contributed by atoms with E-state index in [4.69, 9.17) is 23.4 Å². The summed E-state index contributed by atoms with van der Waals surface area (Å²) in [5, 5.41) is 99.6. The van der Waals surface area contributed by atoms with Gasteiger partial charge in [-0.05, 0) is 18.2 Å². The highest BCUT2D eigenvalue weighted by molar-refractivity contribution is 5.86. The molecule has 1 aromatic heterocycles. The number of aromatic hydroxyl groups is 2. The van der Waals surface area contributed by atoms with Crippen LogP contribution in [0.4, 0.5) is 0 Å². The molecule has 2 aliphatic heterocycles. The molecule has 2 saturated heterocycles. The van der Waals surface area contributed by atoms with Crippen molar-refractivity contribution in [1.29, 1.82) is 0 Å². The largest absolute Gasteiger partial charge is 0.507 e. The summed E-state index contributed by atoms with van der Waals surface area (Å²) in [6.45, 7) is -0.709. The second kappa shape index (κ2) is 12.2. The Hall–Kier alpha value is -4.04. The van der Waals surface area contributed by atoms with Crippen LogP contribution in [0.15, 0.2) is 45.6 Å². The Morgan fingerprint density at radius 1 is 0.773 bits per heavy atom. The number of carboxylic acids is 1. The summed E-state index contributed by atoms with van der Waals surface area (Å²) in [6, 6.07) is 6.72. The molecule has 0 amide bonds. The molecule has 17 nitrogen and oxygen atoms in total. The maximum atomic E-state index is 12.9. The second-order valence-electron chi connectivity index (χ2n) is 10.1. The van der Waals surface area contributed by atoms with Crippen LogP contribution in [-0.2, 0) is 14.3 Å². The van der Waals surface area contributed by atoms with E-state index in [1.54, 1.807) is 0 Å². The van der Waals surface area contributed by atoms with Crippen molar-refractivity contribution < 1.29 is 79.2 Å². The minimum Gasteiger partial charge on any atom is -0.507 e. The van der Waals surface area contributed by atoms with Gasteiger partial charge in [0.1, 0.15) is 71.0 Å². The number of carbonyl (C=O) groups is 1. The first-order valence-electron chi connectivity index (χ1n) is 13.0. The number of hydrogen-bond donors (Lipinski definition) is 10. The van der Waals surface area contributed by atoms with Crippen molar-refractivity contribution in [3.05, 3.63) is 46.6 Å². The summed E-state index contributed by atoms with van der Waals surface area (Å²) in [5.41, 5.74) is -0.853. The monoisotopic (exact) mass is 624 g/mol. The molecule has 10 N–H and O–H groups in total. The fourth-order valence-corrected chi connectivity index (χ4v) is 4.79. The van der Waals surface area contributed by atoms with E-state index in [2.05, 4.69) is 0 Å². The molecule has 2 aromatic carbocycles. The Balaban J connectivity index is 1.45. The number of phenolic OH excluding ortho intramolecular Hbond substituents is 2. The molecule has 2 aliphatic rings. The van der Waals surface area contributed by atoms with Crippen molar-refractivity contribution in [3.8, 4) is 34.3 Å². The zero-order valence-corrected chi connectivity index (χ0v) is 22.3. The van der Waals surface area contributed by atoms with Gasteiger partial charge in [0.2, 0.25) is 12.6 Å². The molecule has 0 saturated carbocycles. The average molecular weight is 625 g/mol. The first-order valence-corrected chi connectivity index (χ1v) is 13.0. The van der Waals surface area contributed by atoms with E-state index in [0.717, 1.165) is 30.3 Å². The van der Waals surface area contributed by atoms with E-state index in [9.17, 15) is 60.7 Å². The molecule has 0 aliphatic carbocycles. The Morgan fingerprint density at radius 2 is 1.43 bits per heavy atom. The first kappa shape index (κ1) is 31.4. The standard InChI is InChI=1S/C27H28O17/c28-7-16-18(32)19(33)22(36)26(43-16)40-9-4-11(30)17-12(31)6-13(41-15(17)5-9)8-1-2-10(29)14(3-8)42-27-23(37)20(34)21(35)24(44-27)25(38)39/h1-6,16,18-24,26-30,32-37H,7H2,(H,38,39)/t16?,18-,19+,20+,21+,22?,23?,24?,26-,27-/m1/s1. The lowest BCUT2D eigenvalue weighted by Gasteiger charge is -2.39. The molecule has 2 fully saturated rings. The third kappa shape index (κ3) is 5.75. The predicted molar refractivity (Wildman–Crippen MR) is 141 cm³/mol. The van der Waals surface area contributed by atoms with Gasteiger partial charge in [-0.15, -0.1) is 0 Å². The molecule has 238 valence electrons. The molecule has 0 spiro atoms. The third-order valence-electron chi connectivity index (χ3n) is 7.18. The van der Waals surface area contributed by atoms with Crippen molar-refractivity contribution in [1.82, 2.24) is 0 Å². The van der Waals surface area contributed by atoms with E-state index in [1.807, 2.05) is 0 Å². The van der Waals surface area contributed by atoms with Crippen molar-refractivity contribution in [2.24, 2.45) is 0 Å². The molecular weight excluding hydrogens is 596 g/mol. The number of aliphatic hydroxyl groups is 7. The maximum absolute atomic E-state index is 12.9. The molecule has 5 rings (SSSR count). The van der Waals surface area contributed by atoms with E-state index in [-0.39, 0.29) is 28.0 Å². The van der Waals surface area contributed by atoms with E-state index < -0.39 is 96.7 Å². The van der Waals surface area contributed by atoms with Crippen molar-refractivity contribution in [2.45, 2.75) is 61.4 Å². The zero-order chi connectivity index (χ0) is 32.0. The normalized spacial score (nSPS) is 32.3. The van der Waals surface area contributed by atoms with Crippen molar-refractivity contribution in [2.75, 3.05) is 6.61 Å². The van der Waals surface area contributed by atoms with Crippen LogP contribution in [0, 0.1) is 0 Å². The van der Waals surface area contributed by atoms with Gasteiger partial charge in [-0.2, -0.15) is 0 Å². The number of ether oxygens (including phenoxy) is 4. The van der Waals surface area contributed by atoms with Gasteiger partial charge in [-0.1, -0.05) is 0 Å². The van der Waals surface area contributed by atoms with Gasteiger partial charge >= 0.3 is 5.97 Å². The van der Waals surface area contributed by atoms with Gasteiger partial charge in [0.05, 0.1) is 6.61 Å². The molecule has 17 heteroatoms. The van der Waals surface area contributed by atoms with Crippen LogP contribution in [0.1, 0.15) is 0 Å². The van der Waals surface area contributed by atoms with E-state index >= 15 is 0 Å². The van der Waals surface area contributed by atoms with E-state index in [1.165, 1.54) is 6.07 Å². The van der Waals surface area contributed by atoms with Gasteiger partial charge in [0.15, 0.2) is 23.0 Å². The molecule has 0 bridgehead atoms. The molecule has 3 heterocycles. The number of fused-ring (bicyclic) bond motifs is 1. The highest BCUT2D eigenvalue weighted by atomic mass is 16.7. The number of phenols is 2. The highest BCUT2D eigenvalue weighted by Crippen LogP contribution is 2.37. The van der Waals surface area contributed by atoms with Crippen LogP contribution in [0.3, 0.4) is 0 Å². The first-order chi connectivity index (χ1) is 20.8. The summed E-state index contributed by atoms with van der Waals surface area (Å²) < 4.78 is 27.1. The summed E-state index contributed by atoms with van der Waals surface area (Å²) in [7, 11) is 0. The van der Waals surface area contributed by atoms with Gasteiger partial charge in [0, 0.05) is 23.8 Å². The predicted octanol–water partition coefficient (Wildman–Crippen LogP) is -2.68. The van der Waals surface area contributed by atoms with Crippen LogP contribution in [-0.4, -0.2) is 125 Å². The minimum atomic E-state index is -1.97. The Kier molecular flexibility index (Phi) is 8.67. The lowest BCUT2D eigenvalue weighted by atomic mass is 9.99. The summed E-state index contributed by atoms with van der Waals surface area (Å²) in [5.74, 6) is -3.50. The van der Waals surface area contributed by atoms with Crippen LogP contribution in [0.5, 0.6) is 23.0 Å². The number of hydrogen-bond acceptors (Lipinski definition) is 16. The van der Waals surface area contributed by atoms with Gasteiger partial charge in [-0.3, -0.25) is 4.79 Å². The van der Waals surface area contributed by atoms with E-state index in [0.29, 0.717) is 0 Å². The smallest absolute Gasteiger partial charge is 0.335 e. The van der Waals surface area contributed by atoms with Gasteiger partial charge in [-0.25, -0.2) is 4.79 Å². The molecular formula is C27H28O17. The average Bonchev–Trinajstić information content (AvgIpc) is 2.98. The molecule has 44 heavy (non-hydrogen) atoms.